The van der Waals surface area contributed by atoms with Gasteiger partial charge in [-0.3, -0.25) is 15.6 Å². The Hall–Kier alpha value is -4.09. The summed E-state index contributed by atoms with van der Waals surface area (Å²) in [5, 5.41) is 18.5. The van der Waals surface area contributed by atoms with Crippen molar-refractivity contribution in [2.24, 2.45) is 16.6 Å². The molecule has 0 radical (unpaired) electrons. The second-order valence-electron chi connectivity index (χ2n) is 8.92. The Balaban J connectivity index is 1.64. The summed E-state index contributed by atoms with van der Waals surface area (Å²) < 4.78 is 38.0. The Morgan fingerprint density at radius 2 is 2.11 bits per heavy atom. The first-order chi connectivity index (χ1) is 18.1. The van der Waals surface area contributed by atoms with Gasteiger partial charge in [0, 0.05) is 29.7 Å². The molecule has 1 atom stereocenters. The second-order valence-corrected chi connectivity index (χ2v) is 9.95. The van der Waals surface area contributed by atoms with Gasteiger partial charge < -0.3 is 20.5 Å². The summed E-state index contributed by atoms with van der Waals surface area (Å²) in [5.74, 6) is 10.9. The smallest absolute Gasteiger partial charge is 0.280 e. The van der Waals surface area contributed by atoms with E-state index < -0.39 is 24.0 Å². The minimum absolute atomic E-state index is 0.0289. The monoisotopic (exact) mass is 537 g/mol. The fourth-order valence-corrected chi connectivity index (χ4v) is 3.97. The lowest BCUT2D eigenvalue weighted by atomic mass is 9.92. The number of thioether (sulfide) groups is 1. The molecule has 1 heterocycles. The average molecular weight is 538 g/mol. The van der Waals surface area contributed by atoms with Crippen molar-refractivity contribution in [2.75, 3.05) is 7.11 Å². The third-order valence-corrected chi connectivity index (χ3v) is 6.28. The summed E-state index contributed by atoms with van der Waals surface area (Å²) in [6, 6.07) is 3.41. The first kappa shape index (κ1) is 27.0. The predicted octanol–water partition coefficient (Wildman–Crippen LogP) is 3.69. The Morgan fingerprint density at radius 3 is 2.74 bits per heavy atom. The molecule has 1 amide bonds. The Kier molecular flexibility index (Phi) is 7.88. The van der Waals surface area contributed by atoms with Crippen LogP contribution in [-0.2, 0) is 15.9 Å². The molecular formula is C27H25F2N5O3S. The van der Waals surface area contributed by atoms with Crippen LogP contribution in [0.5, 0.6) is 0 Å². The van der Waals surface area contributed by atoms with Gasteiger partial charge in [0.1, 0.15) is 16.8 Å². The van der Waals surface area contributed by atoms with Gasteiger partial charge in [-0.1, -0.05) is 12.0 Å². The molecule has 1 saturated carbocycles. The van der Waals surface area contributed by atoms with Gasteiger partial charge in [-0.15, -0.1) is 0 Å². The minimum Gasteiger partial charge on any atom is -0.495 e. The predicted molar refractivity (Wildman–Crippen MR) is 143 cm³/mol. The van der Waals surface area contributed by atoms with E-state index in [4.69, 9.17) is 26.0 Å². The number of allylic oxidation sites excluding steroid dienone is 1. The number of rotatable bonds is 7. The van der Waals surface area contributed by atoms with Crippen LogP contribution in [-0.4, -0.2) is 47.2 Å². The number of benzene rings is 1. The zero-order chi connectivity index (χ0) is 27.4. The number of hydrogen-bond acceptors (Lipinski definition) is 7. The van der Waals surface area contributed by atoms with Crippen LogP contribution in [0.3, 0.4) is 0 Å². The van der Waals surface area contributed by atoms with E-state index in [1.165, 1.54) is 25.5 Å². The highest BCUT2D eigenvalue weighted by molar-refractivity contribution is 8.26. The highest BCUT2D eigenvalue weighted by Gasteiger charge is 2.31. The Labute approximate surface area is 223 Å². The zero-order valence-electron chi connectivity index (χ0n) is 20.7. The van der Waals surface area contributed by atoms with Crippen molar-refractivity contribution < 1.29 is 23.0 Å². The molecule has 4 rings (SSSR count). The van der Waals surface area contributed by atoms with Gasteiger partial charge >= 0.3 is 0 Å². The van der Waals surface area contributed by atoms with Crippen molar-refractivity contribution >= 4 is 39.4 Å². The van der Waals surface area contributed by atoms with E-state index in [9.17, 15) is 13.6 Å². The van der Waals surface area contributed by atoms with Gasteiger partial charge in [-0.05, 0) is 78.6 Å². The van der Waals surface area contributed by atoms with E-state index in [-0.39, 0.29) is 45.0 Å². The molecule has 2 aliphatic carbocycles. The molecule has 0 saturated heterocycles. The summed E-state index contributed by atoms with van der Waals surface area (Å²) in [6.07, 6.45) is 1.99. The number of amides is 1. The number of nitrogens with two attached hydrogens (primary N) is 1. The SMILES string of the molecule is COC1=CNC(C(F)F)C=C1c1cc(CC(=N)OC2(C)C#C2)ccc1C(=O)N=C(N)SC(=N)C#CC1CC1. The molecule has 1 fully saturated rings. The zero-order valence-corrected chi connectivity index (χ0v) is 21.5. The van der Waals surface area contributed by atoms with E-state index in [2.05, 4.69) is 34.0 Å². The number of ether oxygens (including phenoxy) is 2. The number of dihydropyridines is 1. The van der Waals surface area contributed by atoms with Gasteiger partial charge in [-0.25, -0.2) is 8.78 Å². The molecule has 1 unspecified atom stereocenters. The number of carbonyl (C=O) groups is 1. The van der Waals surface area contributed by atoms with Crippen LogP contribution in [0, 0.1) is 40.4 Å². The Morgan fingerprint density at radius 1 is 1.37 bits per heavy atom. The van der Waals surface area contributed by atoms with Crippen molar-refractivity contribution in [2.45, 2.75) is 44.3 Å². The maximum absolute atomic E-state index is 13.6. The molecule has 196 valence electrons. The largest absolute Gasteiger partial charge is 0.495 e. The summed E-state index contributed by atoms with van der Waals surface area (Å²) in [4.78, 5) is 17.1. The van der Waals surface area contributed by atoms with Crippen LogP contribution in [0.15, 0.2) is 41.2 Å². The molecule has 5 N–H and O–H groups in total. The molecule has 1 aromatic carbocycles. The van der Waals surface area contributed by atoms with Crippen molar-refractivity contribution in [1.82, 2.24) is 5.32 Å². The van der Waals surface area contributed by atoms with Crippen molar-refractivity contribution in [3.63, 3.8) is 0 Å². The molecule has 1 aliphatic heterocycles. The number of aliphatic imine (C=N–C) groups is 1. The number of methoxy groups -OCH3 is 1. The summed E-state index contributed by atoms with van der Waals surface area (Å²) >= 11 is 0.766. The van der Waals surface area contributed by atoms with Crippen LogP contribution in [0.25, 0.3) is 5.57 Å². The van der Waals surface area contributed by atoms with Gasteiger partial charge in [0.15, 0.2) is 11.1 Å². The number of alkyl halides is 2. The Bertz CT molecular complexity index is 1400. The second kappa shape index (κ2) is 11.1. The van der Waals surface area contributed by atoms with E-state index in [1.54, 1.807) is 19.1 Å². The van der Waals surface area contributed by atoms with Gasteiger partial charge in [0.25, 0.3) is 12.3 Å². The number of halogens is 2. The third kappa shape index (κ3) is 7.02. The lowest BCUT2D eigenvalue weighted by molar-refractivity contribution is 0.100. The van der Waals surface area contributed by atoms with E-state index in [0.29, 0.717) is 11.5 Å². The number of hydrogen-bond donors (Lipinski definition) is 4. The molecule has 38 heavy (non-hydrogen) atoms. The summed E-state index contributed by atoms with van der Waals surface area (Å²) in [7, 11) is 1.39. The van der Waals surface area contributed by atoms with Crippen LogP contribution in [0.2, 0.25) is 0 Å². The number of nitrogens with one attached hydrogen (secondary N) is 3. The minimum atomic E-state index is -2.71. The van der Waals surface area contributed by atoms with Crippen molar-refractivity contribution in [3.8, 4) is 23.7 Å². The van der Waals surface area contributed by atoms with Gasteiger partial charge in [0.05, 0.1) is 7.11 Å². The maximum atomic E-state index is 13.6. The normalized spacial score (nSPS) is 19.0. The van der Waals surface area contributed by atoms with Crippen molar-refractivity contribution in [3.05, 3.63) is 52.9 Å². The standard InChI is InChI=1S/C27H25F2N5O3S/c1-27(9-10-27)37-22(30)12-16-5-7-17(25(35)34-26(32)38-23(31)8-6-15-3-4-15)18(11-16)19-13-20(24(28)29)33-14-21(19)36-2/h5,7,11,13-15,20,24,30-31,33H,3-4,12H2,1-2H3,(H2,32,34,35). The van der Waals surface area contributed by atoms with Crippen LogP contribution < -0.4 is 11.1 Å². The molecule has 8 nitrogen and oxygen atoms in total. The fraction of sp³-hybridized carbons (Fsp3) is 0.333. The molecule has 0 aromatic heterocycles. The molecule has 3 aliphatic rings. The third-order valence-electron chi connectivity index (χ3n) is 5.67. The maximum Gasteiger partial charge on any atom is 0.280 e. The molecular weight excluding hydrogens is 512 g/mol. The van der Waals surface area contributed by atoms with Gasteiger partial charge in [0.2, 0.25) is 5.60 Å². The molecule has 11 heteroatoms. The first-order valence-corrected chi connectivity index (χ1v) is 12.5. The van der Waals surface area contributed by atoms with Crippen LogP contribution in [0.4, 0.5) is 8.78 Å². The topological polar surface area (TPSA) is 134 Å². The van der Waals surface area contributed by atoms with Crippen molar-refractivity contribution in [1.29, 1.82) is 10.8 Å². The van der Waals surface area contributed by atoms with E-state index in [1.807, 2.05) is 0 Å². The first-order valence-electron chi connectivity index (χ1n) is 11.7. The highest BCUT2D eigenvalue weighted by atomic mass is 32.2. The molecule has 0 spiro atoms. The average Bonchev–Trinajstić information content (AvgIpc) is 3.80. The molecule has 1 aromatic rings. The van der Waals surface area contributed by atoms with E-state index in [0.717, 1.165) is 24.6 Å². The van der Waals surface area contributed by atoms with Crippen LogP contribution in [0.1, 0.15) is 41.3 Å². The van der Waals surface area contributed by atoms with E-state index >= 15 is 0 Å². The molecule has 0 bridgehead atoms. The lowest BCUT2D eigenvalue weighted by Crippen LogP contribution is -2.33. The lowest BCUT2D eigenvalue weighted by Gasteiger charge is -2.24. The fourth-order valence-electron chi connectivity index (χ4n) is 3.52. The summed E-state index contributed by atoms with van der Waals surface area (Å²) in [6.45, 7) is 1.71. The van der Waals surface area contributed by atoms with Gasteiger partial charge in [-0.2, -0.15) is 4.99 Å². The summed E-state index contributed by atoms with van der Waals surface area (Å²) in [5.41, 5.74) is 6.31. The van der Waals surface area contributed by atoms with Crippen LogP contribution >= 0.6 is 11.8 Å². The number of nitrogens with zero attached hydrogens (tertiary/aromatic N) is 1. The highest BCUT2D eigenvalue weighted by Crippen LogP contribution is 2.32. The number of carbonyl (C=O) groups excluding carboxylic acids is 1. The number of amidine groups is 1. The quantitative estimate of drug-likeness (QED) is 0.238.